The molecule has 2 heteroatoms. The molecule has 0 fully saturated rings. The van der Waals surface area contributed by atoms with Crippen LogP contribution in [0.4, 0.5) is 0 Å². The van der Waals surface area contributed by atoms with E-state index in [4.69, 9.17) is 5.26 Å². The maximum Gasteiger partial charge on any atom is 0.0672 e. The first kappa shape index (κ1) is 12.4. The van der Waals surface area contributed by atoms with Gasteiger partial charge in [-0.15, -0.1) is 0 Å². The molecule has 0 aliphatic carbocycles. The highest BCUT2D eigenvalue weighted by atomic mass is 14.8. The molecule has 0 saturated carbocycles. The van der Waals surface area contributed by atoms with Crippen molar-refractivity contribution in [1.29, 1.82) is 5.26 Å². The summed E-state index contributed by atoms with van der Waals surface area (Å²) >= 11 is 0. The summed E-state index contributed by atoms with van der Waals surface area (Å²) < 4.78 is 0. The number of rotatable bonds is 6. The van der Waals surface area contributed by atoms with Crippen LogP contribution in [-0.2, 0) is 0 Å². The highest BCUT2D eigenvalue weighted by Crippen LogP contribution is 2.23. The molecule has 13 heavy (non-hydrogen) atoms. The summed E-state index contributed by atoms with van der Waals surface area (Å²) in [5, 5.41) is 12.0. The van der Waals surface area contributed by atoms with Gasteiger partial charge >= 0.3 is 0 Å². The van der Waals surface area contributed by atoms with E-state index in [9.17, 15) is 0 Å². The first-order valence-corrected chi connectivity index (χ1v) is 5.21. The van der Waals surface area contributed by atoms with E-state index >= 15 is 0 Å². The topological polar surface area (TPSA) is 35.8 Å². The zero-order valence-corrected chi connectivity index (χ0v) is 9.30. The Bertz CT molecular complexity index is 160. The van der Waals surface area contributed by atoms with Gasteiger partial charge in [0, 0.05) is 6.54 Å². The molecule has 0 aliphatic rings. The Morgan fingerprint density at radius 2 is 2.00 bits per heavy atom. The number of nitriles is 1. The number of nitrogens with zero attached hydrogens (tertiary/aromatic N) is 1. The zero-order valence-electron chi connectivity index (χ0n) is 9.30. The Labute approximate surface area is 82.3 Å². The summed E-state index contributed by atoms with van der Waals surface area (Å²) in [4.78, 5) is 0. The van der Waals surface area contributed by atoms with E-state index in [1.54, 1.807) is 0 Å². The first-order valence-electron chi connectivity index (χ1n) is 5.21. The molecule has 3 unspecified atom stereocenters. The van der Waals surface area contributed by atoms with E-state index in [-0.39, 0.29) is 5.92 Å². The molecule has 0 spiro atoms. The fourth-order valence-corrected chi connectivity index (χ4v) is 1.68. The van der Waals surface area contributed by atoms with Crippen LogP contribution in [-0.4, -0.2) is 13.6 Å². The van der Waals surface area contributed by atoms with Crippen LogP contribution < -0.4 is 5.32 Å². The van der Waals surface area contributed by atoms with E-state index in [0.29, 0.717) is 11.8 Å². The van der Waals surface area contributed by atoms with E-state index in [1.807, 2.05) is 7.05 Å². The zero-order chi connectivity index (χ0) is 10.3. The first-order chi connectivity index (χ1) is 6.17. The molecule has 0 aliphatic heterocycles. The molecule has 0 saturated heterocycles. The second-order valence-electron chi connectivity index (χ2n) is 3.92. The summed E-state index contributed by atoms with van der Waals surface area (Å²) in [6.45, 7) is 7.44. The van der Waals surface area contributed by atoms with Crippen LogP contribution in [0.15, 0.2) is 0 Å². The second-order valence-corrected chi connectivity index (χ2v) is 3.92. The normalized spacial score (nSPS) is 17.5. The maximum absolute atomic E-state index is 8.95. The molecule has 2 nitrogen and oxygen atoms in total. The van der Waals surface area contributed by atoms with Crippen LogP contribution in [0.1, 0.15) is 33.6 Å². The molecule has 3 atom stereocenters. The summed E-state index contributed by atoms with van der Waals surface area (Å²) in [7, 11) is 1.90. The minimum atomic E-state index is 0.159. The van der Waals surface area contributed by atoms with Gasteiger partial charge in [-0.2, -0.15) is 5.26 Å². The number of hydrogen-bond acceptors (Lipinski definition) is 2. The van der Waals surface area contributed by atoms with E-state index in [2.05, 4.69) is 32.2 Å². The SMILES string of the molecule is CCCC(C)C(C)C(C#N)CNC. The summed E-state index contributed by atoms with van der Waals surface area (Å²) in [5.74, 6) is 1.31. The lowest BCUT2D eigenvalue weighted by molar-refractivity contribution is 0.289. The Morgan fingerprint density at radius 1 is 1.38 bits per heavy atom. The van der Waals surface area contributed by atoms with E-state index in [1.165, 1.54) is 12.8 Å². The molecule has 0 aromatic heterocycles. The average Bonchev–Trinajstić information content (AvgIpc) is 2.13. The third-order valence-electron chi connectivity index (χ3n) is 2.87. The molecule has 0 rings (SSSR count). The highest BCUT2D eigenvalue weighted by molar-refractivity contribution is 4.89. The summed E-state index contributed by atoms with van der Waals surface area (Å²) in [6.07, 6.45) is 2.44. The lowest BCUT2D eigenvalue weighted by Crippen LogP contribution is -2.27. The maximum atomic E-state index is 8.95. The van der Waals surface area contributed by atoms with Crippen molar-refractivity contribution in [1.82, 2.24) is 5.32 Å². The molecule has 0 radical (unpaired) electrons. The van der Waals surface area contributed by atoms with Crippen LogP contribution in [0, 0.1) is 29.1 Å². The Morgan fingerprint density at radius 3 is 2.38 bits per heavy atom. The third kappa shape index (κ3) is 4.28. The van der Waals surface area contributed by atoms with Crippen LogP contribution in [0.2, 0.25) is 0 Å². The second kappa shape index (κ2) is 6.91. The minimum absolute atomic E-state index is 0.159. The van der Waals surface area contributed by atoms with Crippen molar-refractivity contribution in [2.45, 2.75) is 33.6 Å². The van der Waals surface area contributed by atoms with Gasteiger partial charge in [-0.1, -0.05) is 33.6 Å². The molecule has 76 valence electrons. The van der Waals surface area contributed by atoms with Crippen molar-refractivity contribution in [3.05, 3.63) is 0 Å². The van der Waals surface area contributed by atoms with Crippen LogP contribution in [0.5, 0.6) is 0 Å². The van der Waals surface area contributed by atoms with Gasteiger partial charge in [0.2, 0.25) is 0 Å². The van der Waals surface area contributed by atoms with Crippen molar-refractivity contribution in [3.63, 3.8) is 0 Å². The highest BCUT2D eigenvalue weighted by Gasteiger charge is 2.21. The van der Waals surface area contributed by atoms with Gasteiger partial charge in [0.1, 0.15) is 0 Å². The van der Waals surface area contributed by atoms with Crippen molar-refractivity contribution in [2.75, 3.05) is 13.6 Å². The van der Waals surface area contributed by atoms with Crippen LogP contribution in [0.25, 0.3) is 0 Å². The molecule has 1 N–H and O–H groups in total. The number of nitrogens with one attached hydrogen (secondary N) is 1. The fraction of sp³-hybridized carbons (Fsp3) is 0.909. The minimum Gasteiger partial charge on any atom is -0.318 e. The van der Waals surface area contributed by atoms with E-state index in [0.717, 1.165) is 6.54 Å². The van der Waals surface area contributed by atoms with Crippen LogP contribution >= 0.6 is 0 Å². The Balaban J connectivity index is 4.04. The molecule has 0 amide bonds. The van der Waals surface area contributed by atoms with Crippen molar-refractivity contribution >= 4 is 0 Å². The predicted octanol–water partition coefficient (Wildman–Crippen LogP) is 2.42. The smallest absolute Gasteiger partial charge is 0.0672 e. The fourth-order valence-electron chi connectivity index (χ4n) is 1.68. The monoisotopic (exact) mass is 182 g/mol. The molecule has 0 heterocycles. The van der Waals surface area contributed by atoms with Gasteiger partial charge in [-0.3, -0.25) is 0 Å². The average molecular weight is 182 g/mol. The molecule has 0 aromatic carbocycles. The Hall–Kier alpha value is -0.550. The standard InChI is InChI=1S/C11H22N2/c1-5-6-9(2)10(3)11(7-12)8-13-4/h9-11,13H,5-6,8H2,1-4H3. The van der Waals surface area contributed by atoms with Gasteiger partial charge in [0.05, 0.1) is 12.0 Å². The largest absolute Gasteiger partial charge is 0.318 e. The quantitative estimate of drug-likeness (QED) is 0.684. The number of hydrogen-bond donors (Lipinski definition) is 1. The third-order valence-corrected chi connectivity index (χ3v) is 2.87. The predicted molar refractivity (Wildman–Crippen MR) is 56.3 cm³/mol. The lowest BCUT2D eigenvalue weighted by Gasteiger charge is -2.23. The van der Waals surface area contributed by atoms with E-state index < -0.39 is 0 Å². The molecular formula is C11H22N2. The summed E-state index contributed by atoms with van der Waals surface area (Å²) in [5.41, 5.74) is 0. The molecule has 0 aromatic rings. The van der Waals surface area contributed by atoms with Gasteiger partial charge < -0.3 is 5.32 Å². The van der Waals surface area contributed by atoms with Crippen molar-refractivity contribution in [2.24, 2.45) is 17.8 Å². The van der Waals surface area contributed by atoms with Crippen LogP contribution in [0.3, 0.4) is 0 Å². The van der Waals surface area contributed by atoms with Gasteiger partial charge in [-0.25, -0.2) is 0 Å². The molecule has 0 bridgehead atoms. The lowest BCUT2D eigenvalue weighted by atomic mass is 9.82. The van der Waals surface area contributed by atoms with Gasteiger partial charge in [-0.05, 0) is 18.9 Å². The van der Waals surface area contributed by atoms with Gasteiger partial charge in [0.15, 0.2) is 0 Å². The van der Waals surface area contributed by atoms with Gasteiger partial charge in [0.25, 0.3) is 0 Å². The Kier molecular flexibility index (Phi) is 6.62. The summed E-state index contributed by atoms with van der Waals surface area (Å²) in [6, 6.07) is 2.38. The van der Waals surface area contributed by atoms with Crippen molar-refractivity contribution in [3.8, 4) is 6.07 Å². The van der Waals surface area contributed by atoms with Crippen molar-refractivity contribution < 1.29 is 0 Å². The molecular weight excluding hydrogens is 160 g/mol.